The van der Waals surface area contributed by atoms with Gasteiger partial charge in [-0.25, -0.2) is 0 Å². The summed E-state index contributed by atoms with van der Waals surface area (Å²) < 4.78 is 11.5. The van der Waals surface area contributed by atoms with Crippen LogP contribution in [-0.4, -0.2) is 14.3 Å². The summed E-state index contributed by atoms with van der Waals surface area (Å²) in [6, 6.07) is 3.90. The topological polar surface area (TPSA) is 35.5 Å². The van der Waals surface area contributed by atoms with E-state index in [0.717, 1.165) is 16.9 Å². The molecule has 0 unspecified atom stereocenters. The lowest BCUT2D eigenvalue weighted by Gasteiger charge is -2.36. The normalized spacial score (nSPS) is 12.2. The molecule has 0 spiro atoms. The van der Waals surface area contributed by atoms with Crippen LogP contribution in [-0.2, 0) is 4.79 Å². The van der Waals surface area contributed by atoms with E-state index < -0.39 is 8.32 Å². The van der Waals surface area contributed by atoms with Crippen LogP contribution in [0.5, 0.6) is 11.5 Å². The minimum atomic E-state index is -1.85. The zero-order valence-electron chi connectivity index (χ0n) is 13.9. The third kappa shape index (κ3) is 3.85. The molecule has 0 heterocycles. The summed E-state index contributed by atoms with van der Waals surface area (Å²) in [5, 5.41) is 0.156. The van der Waals surface area contributed by atoms with Gasteiger partial charge in [0.15, 0.2) is 0 Å². The average Bonchev–Trinajstić information content (AvgIpc) is 2.20. The first kappa shape index (κ1) is 16.8. The molecule has 0 fully saturated rings. The lowest BCUT2D eigenvalue weighted by atomic mass is 10.1. The molecule has 0 aliphatic heterocycles. The van der Waals surface area contributed by atoms with Crippen LogP contribution in [0, 0.1) is 13.8 Å². The summed E-state index contributed by atoms with van der Waals surface area (Å²) in [6.07, 6.45) is 0. The van der Waals surface area contributed by atoms with Crippen molar-refractivity contribution >= 4 is 14.3 Å². The van der Waals surface area contributed by atoms with E-state index in [2.05, 4.69) is 33.9 Å². The van der Waals surface area contributed by atoms with Crippen LogP contribution in [0.25, 0.3) is 0 Å². The van der Waals surface area contributed by atoms with Crippen LogP contribution < -0.4 is 9.16 Å². The second-order valence-electron chi connectivity index (χ2n) is 6.84. The lowest BCUT2D eigenvalue weighted by molar-refractivity contribution is -0.131. The first-order valence-corrected chi connectivity index (χ1v) is 9.83. The molecule has 4 heteroatoms. The van der Waals surface area contributed by atoms with E-state index in [1.807, 2.05) is 26.0 Å². The fourth-order valence-corrected chi connectivity index (χ4v) is 2.74. The van der Waals surface area contributed by atoms with Crippen molar-refractivity contribution < 1.29 is 14.0 Å². The van der Waals surface area contributed by atoms with Crippen molar-refractivity contribution in [1.29, 1.82) is 0 Å². The van der Waals surface area contributed by atoms with Crippen LogP contribution in [0.15, 0.2) is 12.1 Å². The Morgan fingerprint density at radius 3 is 1.90 bits per heavy atom. The number of ether oxygens (including phenoxy) is 1. The first-order valence-electron chi connectivity index (χ1n) is 6.93. The van der Waals surface area contributed by atoms with Crippen molar-refractivity contribution in [3.8, 4) is 11.5 Å². The highest BCUT2D eigenvalue weighted by Gasteiger charge is 2.39. The summed E-state index contributed by atoms with van der Waals surface area (Å²) in [5.74, 6) is 1.21. The number of esters is 1. The number of hydrogen-bond acceptors (Lipinski definition) is 3. The van der Waals surface area contributed by atoms with Crippen molar-refractivity contribution in [3.63, 3.8) is 0 Å². The quantitative estimate of drug-likeness (QED) is 0.464. The van der Waals surface area contributed by atoms with Gasteiger partial charge >= 0.3 is 5.97 Å². The fraction of sp³-hybridized carbons (Fsp3) is 0.562. The molecule has 0 radical (unpaired) electrons. The Labute approximate surface area is 123 Å². The standard InChI is InChI=1S/C16H26O3Si/c1-11-9-14(19-20(7,8)16(4,5)6)10-12(2)15(11)18-13(3)17/h9-10H,1-8H3. The van der Waals surface area contributed by atoms with Gasteiger partial charge in [-0.05, 0) is 55.2 Å². The van der Waals surface area contributed by atoms with Crippen LogP contribution in [0.1, 0.15) is 38.8 Å². The fourth-order valence-electron chi connectivity index (χ4n) is 1.72. The summed E-state index contributed by atoms with van der Waals surface area (Å²) in [6.45, 7) is 16.4. The van der Waals surface area contributed by atoms with Crippen LogP contribution in [0.4, 0.5) is 0 Å². The maximum Gasteiger partial charge on any atom is 0.308 e. The molecule has 1 aromatic rings. The predicted octanol–water partition coefficient (Wildman–Crippen LogP) is 4.61. The highest BCUT2D eigenvalue weighted by Crippen LogP contribution is 2.38. The number of carbonyl (C=O) groups excluding carboxylic acids is 1. The van der Waals surface area contributed by atoms with Gasteiger partial charge in [0.2, 0.25) is 8.32 Å². The Bertz CT molecular complexity index is 490. The van der Waals surface area contributed by atoms with E-state index in [4.69, 9.17) is 9.16 Å². The Morgan fingerprint density at radius 1 is 1.10 bits per heavy atom. The van der Waals surface area contributed by atoms with E-state index in [1.165, 1.54) is 6.92 Å². The number of hydrogen-bond donors (Lipinski definition) is 0. The second kappa shape index (κ2) is 5.60. The molecule has 0 aromatic heterocycles. The molecule has 0 aliphatic carbocycles. The highest BCUT2D eigenvalue weighted by molar-refractivity contribution is 6.74. The Hall–Kier alpha value is -1.29. The van der Waals surface area contributed by atoms with E-state index in [-0.39, 0.29) is 11.0 Å². The van der Waals surface area contributed by atoms with Crippen molar-refractivity contribution in [1.82, 2.24) is 0 Å². The number of carbonyl (C=O) groups is 1. The first-order chi connectivity index (χ1) is 8.94. The third-order valence-electron chi connectivity index (χ3n) is 3.86. The minimum Gasteiger partial charge on any atom is -0.543 e. The largest absolute Gasteiger partial charge is 0.543 e. The average molecular weight is 294 g/mol. The highest BCUT2D eigenvalue weighted by atomic mass is 28.4. The van der Waals surface area contributed by atoms with Crippen LogP contribution in [0.3, 0.4) is 0 Å². The molecule has 1 aromatic carbocycles. The smallest absolute Gasteiger partial charge is 0.308 e. The maximum atomic E-state index is 11.1. The molecule has 0 bridgehead atoms. The molecular formula is C16H26O3Si. The van der Waals surface area contributed by atoms with Gasteiger partial charge in [0, 0.05) is 6.92 Å². The van der Waals surface area contributed by atoms with E-state index in [9.17, 15) is 4.79 Å². The molecule has 20 heavy (non-hydrogen) atoms. The van der Waals surface area contributed by atoms with Crippen molar-refractivity contribution in [2.24, 2.45) is 0 Å². The van der Waals surface area contributed by atoms with Gasteiger partial charge < -0.3 is 9.16 Å². The molecule has 0 atom stereocenters. The van der Waals surface area contributed by atoms with Gasteiger partial charge in [-0.1, -0.05) is 20.8 Å². The molecule has 0 saturated heterocycles. The molecule has 0 N–H and O–H groups in total. The molecule has 1 rings (SSSR count). The third-order valence-corrected chi connectivity index (χ3v) is 8.22. The summed E-state index contributed by atoms with van der Waals surface area (Å²) in [4.78, 5) is 11.1. The maximum absolute atomic E-state index is 11.1. The number of benzene rings is 1. The van der Waals surface area contributed by atoms with Crippen LogP contribution >= 0.6 is 0 Å². The van der Waals surface area contributed by atoms with Crippen molar-refractivity contribution in [3.05, 3.63) is 23.3 Å². The molecule has 112 valence electrons. The van der Waals surface area contributed by atoms with Gasteiger partial charge in [0.1, 0.15) is 11.5 Å². The summed E-state index contributed by atoms with van der Waals surface area (Å²) in [5.41, 5.74) is 1.85. The number of rotatable bonds is 3. The van der Waals surface area contributed by atoms with Gasteiger partial charge in [-0.15, -0.1) is 0 Å². The minimum absolute atomic E-state index is 0.156. The SMILES string of the molecule is CC(=O)Oc1c(C)cc(O[Si](C)(C)C(C)(C)C)cc1C. The Balaban J connectivity index is 3.09. The molecule has 3 nitrogen and oxygen atoms in total. The van der Waals surface area contributed by atoms with Crippen LogP contribution in [0.2, 0.25) is 18.1 Å². The molecule has 0 amide bonds. The Kier molecular flexibility index (Phi) is 4.69. The van der Waals surface area contributed by atoms with Gasteiger partial charge in [0.25, 0.3) is 0 Å². The van der Waals surface area contributed by atoms with Crippen molar-refractivity contribution in [2.75, 3.05) is 0 Å². The van der Waals surface area contributed by atoms with Gasteiger partial charge in [0.05, 0.1) is 0 Å². The Morgan fingerprint density at radius 2 is 1.55 bits per heavy atom. The van der Waals surface area contributed by atoms with Crippen molar-refractivity contribution in [2.45, 2.75) is 59.7 Å². The molecule has 0 saturated carbocycles. The van der Waals surface area contributed by atoms with E-state index in [0.29, 0.717) is 5.75 Å². The second-order valence-corrected chi connectivity index (χ2v) is 11.6. The van der Waals surface area contributed by atoms with Gasteiger partial charge in [-0.3, -0.25) is 4.79 Å². The number of aryl methyl sites for hydroxylation is 2. The summed E-state index contributed by atoms with van der Waals surface area (Å²) in [7, 11) is -1.85. The monoisotopic (exact) mass is 294 g/mol. The predicted molar refractivity (Wildman–Crippen MR) is 85.1 cm³/mol. The van der Waals surface area contributed by atoms with Gasteiger partial charge in [-0.2, -0.15) is 0 Å². The lowest BCUT2D eigenvalue weighted by Crippen LogP contribution is -2.43. The molecule has 0 aliphatic rings. The summed E-state index contributed by atoms with van der Waals surface area (Å²) >= 11 is 0. The zero-order valence-corrected chi connectivity index (χ0v) is 14.9. The molecular weight excluding hydrogens is 268 g/mol. The zero-order chi connectivity index (χ0) is 15.7. The van der Waals surface area contributed by atoms with E-state index >= 15 is 0 Å². The van der Waals surface area contributed by atoms with E-state index in [1.54, 1.807) is 0 Å².